The highest BCUT2D eigenvalue weighted by atomic mass is 35.5. The van der Waals surface area contributed by atoms with Crippen LogP contribution in [0, 0.1) is 13.8 Å². The largest absolute Gasteiger partial charge is 0.437 e. The molecule has 1 saturated heterocycles. The number of benzene rings is 3. The van der Waals surface area contributed by atoms with Gasteiger partial charge in [-0.25, -0.2) is 4.68 Å². The molecule has 1 atom stereocenters. The molecular formula is C30H30ClN3O3. The average Bonchev–Trinajstić information content (AvgIpc) is 3.54. The summed E-state index contributed by atoms with van der Waals surface area (Å²) in [5.41, 5.74) is 4.21. The van der Waals surface area contributed by atoms with Gasteiger partial charge >= 0.3 is 0 Å². The van der Waals surface area contributed by atoms with E-state index < -0.39 is 0 Å². The summed E-state index contributed by atoms with van der Waals surface area (Å²) in [4.78, 5) is 15.6. The van der Waals surface area contributed by atoms with Crippen LogP contribution in [0.25, 0.3) is 5.69 Å². The monoisotopic (exact) mass is 515 g/mol. The van der Waals surface area contributed by atoms with Crippen LogP contribution in [0.15, 0.2) is 78.9 Å². The fraction of sp³-hybridized carbons (Fsp3) is 0.267. The summed E-state index contributed by atoms with van der Waals surface area (Å²) in [5, 5.41) is 5.31. The van der Waals surface area contributed by atoms with E-state index in [0.29, 0.717) is 35.3 Å². The van der Waals surface area contributed by atoms with Gasteiger partial charge in [-0.15, -0.1) is 0 Å². The highest BCUT2D eigenvalue weighted by Crippen LogP contribution is 2.35. The molecule has 37 heavy (non-hydrogen) atoms. The number of aryl methyl sites for hydroxylation is 2. The number of carbonyl (C=O) groups excluding carboxylic acids is 1. The maximum atomic E-state index is 13.7. The molecule has 0 saturated carbocycles. The predicted molar refractivity (Wildman–Crippen MR) is 145 cm³/mol. The Morgan fingerprint density at radius 2 is 1.78 bits per heavy atom. The zero-order chi connectivity index (χ0) is 25.8. The average molecular weight is 516 g/mol. The first-order chi connectivity index (χ1) is 18.0. The normalized spacial score (nSPS) is 15.1. The Bertz CT molecular complexity index is 1360. The van der Waals surface area contributed by atoms with Crippen molar-refractivity contribution in [3.05, 3.63) is 106 Å². The number of amides is 1. The number of halogens is 1. The minimum absolute atomic E-state index is 0.00630. The zero-order valence-corrected chi connectivity index (χ0v) is 21.8. The van der Waals surface area contributed by atoms with Gasteiger partial charge in [-0.2, -0.15) is 5.10 Å². The predicted octanol–water partition coefficient (Wildman–Crippen LogP) is 6.76. The van der Waals surface area contributed by atoms with Crippen molar-refractivity contribution in [2.24, 2.45) is 0 Å². The van der Waals surface area contributed by atoms with E-state index in [1.54, 1.807) is 10.7 Å². The molecule has 0 bridgehead atoms. The van der Waals surface area contributed by atoms with Gasteiger partial charge in [0.25, 0.3) is 5.91 Å². The van der Waals surface area contributed by atoms with Gasteiger partial charge < -0.3 is 14.4 Å². The molecule has 5 rings (SSSR count). The first-order valence-electron chi connectivity index (χ1n) is 12.5. The number of nitrogens with zero attached hydrogens (tertiary/aromatic N) is 3. The van der Waals surface area contributed by atoms with Crippen molar-refractivity contribution in [2.45, 2.75) is 39.3 Å². The molecule has 2 heterocycles. The molecule has 0 spiro atoms. The first-order valence-corrected chi connectivity index (χ1v) is 12.9. The smallest absolute Gasteiger partial charge is 0.254 e. The van der Waals surface area contributed by atoms with Gasteiger partial charge in [0.15, 0.2) is 0 Å². The lowest BCUT2D eigenvalue weighted by Gasteiger charge is -2.26. The molecular weight excluding hydrogens is 486 g/mol. The summed E-state index contributed by atoms with van der Waals surface area (Å²) in [6.07, 6.45) is 1.94. The Labute approximate surface area is 222 Å². The number of aromatic nitrogens is 2. The van der Waals surface area contributed by atoms with Crippen LogP contribution in [0.3, 0.4) is 0 Å². The van der Waals surface area contributed by atoms with Crippen molar-refractivity contribution in [2.75, 3.05) is 13.2 Å². The van der Waals surface area contributed by atoms with E-state index in [9.17, 15) is 4.79 Å². The molecule has 7 heteroatoms. The quantitative estimate of drug-likeness (QED) is 0.260. The molecule has 6 nitrogen and oxygen atoms in total. The van der Waals surface area contributed by atoms with E-state index in [0.717, 1.165) is 42.0 Å². The first kappa shape index (κ1) is 25.1. The van der Waals surface area contributed by atoms with Gasteiger partial charge in [0.05, 0.1) is 34.6 Å². The lowest BCUT2D eigenvalue weighted by atomic mass is 10.1. The van der Waals surface area contributed by atoms with Crippen molar-refractivity contribution in [1.29, 1.82) is 0 Å². The van der Waals surface area contributed by atoms with Crippen molar-refractivity contribution in [1.82, 2.24) is 14.7 Å². The number of hydrogen-bond donors (Lipinski definition) is 0. The Hall–Kier alpha value is -3.61. The summed E-state index contributed by atoms with van der Waals surface area (Å²) in [6, 6.07) is 24.8. The van der Waals surface area contributed by atoms with Crippen LogP contribution in [-0.4, -0.2) is 39.8 Å². The molecule has 1 amide bonds. The summed E-state index contributed by atoms with van der Waals surface area (Å²) < 4.78 is 14.1. The summed E-state index contributed by atoms with van der Waals surface area (Å²) in [7, 11) is 0. The lowest BCUT2D eigenvalue weighted by Crippen LogP contribution is -2.37. The summed E-state index contributed by atoms with van der Waals surface area (Å²) in [6.45, 7) is 5.50. The number of carbonyl (C=O) groups is 1. The number of hydrogen-bond acceptors (Lipinski definition) is 4. The third-order valence-corrected chi connectivity index (χ3v) is 6.88. The van der Waals surface area contributed by atoms with Crippen LogP contribution in [-0.2, 0) is 11.3 Å². The maximum Gasteiger partial charge on any atom is 0.254 e. The fourth-order valence-corrected chi connectivity index (χ4v) is 4.70. The highest BCUT2D eigenvalue weighted by Gasteiger charge is 2.28. The van der Waals surface area contributed by atoms with E-state index >= 15 is 0 Å². The minimum atomic E-state index is -0.0499. The molecule has 1 aliphatic rings. The van der Waals surface area contributed by atoms with Crippen molar-refractivity contribution >= 4 is 17.5 Å². The van der Waals surface area contributed by atoms with Gasteiger partial charge in [0.1, 0.15) is 5.75 Å². The van der Waals surface area contributed by atoms with Crippen molar-refractivity contribution in [3.63, 3.8) is 0 Å². The molecule has 0 unspecified atom stereocenters. The van der Waals surface area contributed by atoms with Crippen LogP contribution in [0.2, 0.25) is 5.02 Å². The third-order valence-electron chi connectivity index (χ3n) is 6.56. The van der Waals surface area contributed by atoms with E-state index in [1.807, 2.05) is 91.5 Å². The lowest BCUT2D eigenvalue weighted by molar-refractivity contribution is 0.0505. The van der Waals surface area contributed by atoms with Gasteiger partial charge in [-0.05, 0) is 63.1 Å². The van der Waals surface area contributed by atoms with E-state index in [4.69, 9.17) is 26.2 Å². The molecule has 1 aliphatic heterocycles. The summed E-state index contributed by atoms with van der Waals surface area (Å²) in [5.74, 6) is 1.01. The SMILES string of the molecule is Cc1ccc(C(=O)N(Cc2c(C)nn(-c3ccccc3)c2Oc2ccccc2Cl)C[C@@H]2CCCO2)cc1. The highest BCUT2D eigenvalue weighted by molar-refractivity contribution is 6.32. The molecule has 4 aromatic rings. The van der Waals surface area contributed by atoms with Crippen LogP contribution >= 0.6 is 11.6 Å². The van der Waals surface area contributed by atoms with E-state index in [2.05, 4.69) is 0 Å². The second kappa shape index (κ2) is 11.2. The maximum absolute atomic E-state index is 13.7. The Balaban J connectivity index is 1.55. The van der Waals surface area contributed by atoms with Crippen molar-refractivity contribution in [3.8, 4) is 17.3 Å². The standard InChI is InChI=1S/C30H30ClN3O3/c1-21-14-16-23(17-15-21)29(35)33(19-25-11-8-18-36-25)20-26-22(2)32-34(24-9-4-3-5-10-24)30(26)37-28-13-7-6-12-27(28)31/h3-7,9-10,12-17,25H,8,11,18-20H2,1-2H3/t25-/m0/s1. The second-order valence-corrected chi connectivity index (χ2v) is 9.74. The van der Waals surface area contributed by atoms with Gasteiger partial charge in [-0.1, -0.05) is 59.6 Å². The van der Waals surface area contributed by atoms with Crippen molar-refractivity contribution < 1.29 is 14.3 Å². The third kappa shape index (κ3) is 5.71. The Kier molecular flexibility index (Phi) is 7.58. The second-order valence-electron chi connectivity index (χ2n) is 9.34. The summed E-state index contributed by atoms with van der Waals surface area (Å²) >= 11 is 6.46. The molecule has 0 N–H and O–H groups in total. The number of rotatable bonds is 8. The Morgan fingerprint density at radius 3 is 2.49 bits per heavy atom. The van der Waals surface area contributed by atoms with E-state index in [1.165, 1.54) is 0 Å². The van der Waals surface area contributed by atoms with Crippen LogP contribution in [0.4, 0.5) is 0 Å². The molecule has 0 radical (unpaired) electrons. The van der Waals surface area contributed by atoms with Gasteiger partial charge in [-0.3, -0.25) is 4.79 Å². The van der Waals surface area contributed by atoms with Crippen LogP contribution < -0.4 is 4.74 Å². The molecule has 0 aliphatic carbocycles. The fourth-order valence-electron chi connectivity index (χ4n) is 4.52. The van der Waals surface area contributed by atoms with Gasteiger partial charge in [0.2, 0.25) is 5.88 Å². The number of ether oxygens (including phenoxy) is 2. The Morgan fingerprint density at radius 1 is 1.05 bits per heavy atom. The topological polar surface area (TPSA) is 56.6 Å². The molecule has 1 fully saturated rings. The van der Waals surface area contributed by atoms with Crippen LogP contribution in [0.1, 0.15) is 40.0 Å². The number of para-hydroxylation sites is 2. The zero-order valence-electron chi connectivity index (χ0n) is 21.1. The molecule has 1 aromatic heterocycles. The van der Waals surface area contributed by atoms with Gasteiger partial charge in [0, 0.05) is 18.7 Å². The van der Waals surface area contributed by atoms with E-state index in [-0.39, 0.29) is 12.0 Å². The minimum Gasteiger partial charge on any atom is -0.437 e. The van der Waals surface area contributed by atoms with Crippen LogP contribution in [0.5, 0.6) is 11.6 Å². The molecule has 190 valence electrons. The molecule has 3 aromatic carbocycles.